The summed E-state index contributed by atoms with van der Waals surface area (Å²) in [7, 11) is 2.11. The number of aryl methyl sites for hydroxylation is 1. The van der Waals surface area contributed by atoms with Gasteiger partial charge in [-0.2, -0.15) is 0 Å². The van der Waals surface area contributed by atoms with Gasteiger partial charge in [0.05, 0.1) is 0 Å². The van der Waals surface area contributed by atoms with E-state index in [1.807, 2.05) is 19.2 Å². The first-order valence-corrected chi connectivity index (χ1v) is 5.52. The van der Waals surface area contributed by atoms with Crippen LogP contribution in [0.3, 0.4) is 0 Å². The predicted molar refractivity (Wildman–Crippen MR) is 63.7 cm³/mol. The van der Waals surface area contributed by atoms with E-state index in [1.54, 1.807) is 0 Å². The molecule has 1 atom stereocenters. The van der Waals surface area contributed by atoms with Crippen LogP contribution in [-0.4, -0.2) is 30.0 Å². The van der Waals surface area contributed by atoms with Gasteiger partial charge in [-0.3, -0.25) is 9.88 Å². The molecule has 0 amide bonds. The lowest BCUT2D eigenvalue weighted by atomic mass is 10.1. The highest BCUT2D eigenvalue weighted by Crippen LogP contribution is 2.17. The third-order valence-electron chi connectivity index (χ3n) is 2.65. The molecule has 0 radical (unpaired) electrons. The van der Waals surface area contributed by atoms with Gasteiger partial charge < -0.3 is 5.73 Å². The SMILES string of the molecule is CCCN(C)C(CN)c1ccc(C)nc1. The molecule has 1 aromatic rings. The summed E-state index contributed by atoms with van der Waals surface area (Å²) in [6.07, 6.45) is 3.07. The maximum atomic E-state index is 5.80. The number of nitrogens with zero attached hydrogens (tertiary/aromatic N) is 2. The van der Waals surface area contributed by atoms with Gasteiger partial charge in [0.25, 0.3) is 0 Å². The number of likely N-dealkylation sites (N-methyl/N-ethyl adjacent to an activating group) is 1. The highest BCUT2D eigenvalue weighted by Gasteiger charge is 2.14. The quantitative estimate of drug-likeness (QED) is 0.799. The van der Waals surface area contributed by atoms with Crippen molar-refractivity contribution < 1.29 is 0 Å². The summed E-state index contributed by atoms with van der Waals surface area (Å²) in [5, 5.41) is 0. The Morgan fingerprint density at radius 2 is 2.20 bits per heavy atom. The van der Waals surface area contributed by atoms with Crippen molar-refractivity contribution in [3.63, 3.8) is 0 Å². The zero-order valence-electron chi connectivity index (χ0n) is 9.90. The van der Waals surface area contributed by atoms with Gasteiger partial charge in [-0.1, -0.05) is 13.0 Å². The second-order valence-electron chi connectivity index (χ2n) is 3.97. The zero-order valence-corrected chi connectivity index (χ0v) is 9.90. The monoisotopic (exact) mass is 207 g/mol. The first-order chi connectivity index (χ1) is 7.19. The van der Waals surface area contributed by atoms with E-state index < -0.39 is 0 Å². The number of pyridine rings is 1. The van der Waals surface area contributed by atoms with Crippen molar-refractivity contribution in [3.8, 4) is 0 Å². The van der Waals surface area contributed by atoms with Crippen molar-refractivity contribution >= 4 is 0 Å². The highest BCUT2D eigenvalue weighted by molar-refractivity contribution is 5.17. The fraction of sp³-hybridized carbons (Fsp3) is 0.583. The summed E-state index contributed by atoms with van der Waals surface area (Å²) < 4.78 is 0. The van der Waals surface area contributed by atoms with E-state index in [2.05, 4.69) is 29.9 Å². The first-order valence-electron chi connectivity index (χ1n) is 5.52. The van der Waals surface area contributed by atoms with Crippen LogP contribution in [0.25, 0.3) is 0 Å². The molecule has 3 nitrogen and oxygen atoms in total. The van der Waals surface area contributed by atoms with Gasteiger partial charge >= 0.3 is 0 Å². The Kier molecular flexibility index (Phi) is 4.72. The molecule has 3 heteroatoms. The number of aromatic nitrogens is 1. The molecule has 0 spiro atoms. The van der Waals surface area contributed by atoms with E-state index in [0.717, 1.165) is 18.7 Å². The number of hydrogen-bond donors (Lipinski definition) is 1. The lowest BCUT2D eigenvalue weighted by Gasteiger charge is -2.26. The molecule has 1 rings (SSSR count). The summed E-state index contributed by atoms with van der Waals surface area (Å²) in [4.78, 5) is 6.59. The Balaban J connectivity index is 2.77. The average Bonchev–Trinajstić information content (AvgIpc) is 2.22. The summed E-state index contributed by atoms with van der Waals surface area (Å²) in [5.41, 5.74) is 8.06. The van der Waals surface area contributed by atoms with Crippen molar-refractivity contribution in [1.82, 2.24) is 9.88 Å². The third-order valence-corrected chi connectivity index (χ3v) is 2.65. The molecule has 0 aliphatic carbocycles. The molecule has 15 heavy (non-hydrogen) atoms. The Bertz CT molecular complexity index is 281. The molecule has 84 valence electrons. The van der Waals surface area contributed by atoms with Crippen molar-refractivity contribution in [2.45, 2.75) is 26.3 Å². The maximum Gasteiger partial charge on any atom is 0.0482 e. The molecule has 0 saturated heterocycles. The molecular weight excluding hydrogens is 186 g/mol. The lowest BCUT2D eigenvalue weighted by molar-refractivity contribution is 0.250. The molecule has 0 aliphatic heterocycles. The first kappa shape index (κ1) is 12.1. The molecule has 2 N–H and O–H groups in total. The Morgan fingerprint density at radius 3 is 2.67 bits per heavy atom. The maximum absolute atomic E-state index is 5.80. The Hall–Kier alpha value is -0.930. The van der Waals surface area contributed by atoms with E-state index in [4.69, 9.17) is 5.73 Å². The fourth-order valence-electron chi connectivity index (χ4n) is 1.76. The normalized spacial score (nSPS) is 13.1. The molecule has 0 aromatic carbocycles. The zero-order chi connectivity index (χ0) is 11.3. The van der Waals surface area contributed by atoms with Crippen molar-refractivity contribution in [2.24, 2.45) is 5.73 Å². The van der Waals surface area contributed by atoms with Crippen LogP contribution in [0, 0.1) is 6.92 Å². The lowest BCUT2D eigenvalue weighted by Crippen LogP contribution is -2.31. The predicted octanol–water partition coefficient (Wildman–Crippen LogP) is 1.73. The molecule has 0 aliphatic rings. The summed E-state index contributed by atoms with van der Waals surface area (Å²) >= 11 is 0. The smallest absolute Gasteiger partial charge is 0.0482 e. The highest BCUT2D eigenvalue weighted by atomic mass is 15.1. The topological polar surface area (TPSA) is 42.1 Å². The largest absolute Gasteiger partial charge is 0.329 e. The number of nitrogens with two attached hydrogens (primary N) is 1. The van der Waals surface area contributed by atoms with E-state index in [-0.39, 0.29) is 6.04 Å². The van der Waals surface area contributed by atoms with E-state index in [0.29, 0.717) is 6.54 Å². The van der Waals surface area contributed by atoms with Crippen LogP contribution in [0.1, 0.15) is 30.6 Å². The number of hydrogen-bond acceptors (Lipinski definition) is 3. The Morgan fingerprint density at radius 1 is 1.47 bits per heavy atom. The average molecular weight is 207 g/mol. The van der Waals surface area contributed by atoms with E-state index >= 15 is 0 Å². The molecule has 0 saturated carbocycles. The standard InChI is InChI=1S/C12H21N3/c1-4-7-15(3)12(8-13)11-6-5-10(2)14-9-11/h5-6,9,12H,4,7-8,13H2,1-3H3. The van der Waals surface area contributed by atoms with Gasteiger partial charge in [-0.05, 0) is 38.6 Å². The van der Waals surface area contributed by atoms with E-state index in [1.165, 1.54) is 5.56 Å². The molecule has 0 fully saturated rings. The molecular formula is C12H21N3. The van der Waals surface area contributed by atoms with Crippen LogP contribution in [0.5, 0.6) is 0 Å². The van der Waals surface area contributed by atoms with Crippen molar-refractivity contribution in [2.75, 3.05) is 20.1 Å². The number of rotatable bonds is 5. The van der Waals surface area contributed by atoms with Gasteiger partial charge in [-0.15, -0.1) is 0 Å². The molecule has 1 aromatic heterocycles. The second-order valence-corrected chi connectivity index (χ2v) is 3.97. The van der Waals surface area contributed by atoms with Crippen LogP contribution in [0.15, 0.2) is 18.3 Å². The van der Waals surface area contributed by atoms with Gasteiger partial charge in [0.2, 0.25) is 0 Å². The van der Waals surface area contributed by atoms with Crippen LogP contribution < -0.4 is 5.73 Å². The fourth-order valence-corrected chi connectivity index (χ4v) is 1.76. The van der Waals surface area contributed by atoms with Crippen molar-refractivity contribution in [1.29, 1.82) is 0 Å². The molecule has 1 unspecified atom stereocenters. The van der Waals surface area contributed by atoms with Gasteiger partial charge in [0, 0.05) is 24.5 Å². The van der Waals surface area contributed by atoms with Crippen molar-refractivity contribution in [3.05, 3.63) is 29.6 Å². The minimum Gasteiger partial charge on any atom is -0.329 e. The summed E-state index contributed by atoms with van der Waals surface area (Å²) in [5.74, 6) is 0. The van der Waals surface area contributed by atoms with Crippen LogP contribution in [0.4, 0.5) is 0 Å². The molecule has 1 heterocycles. The minimum atomic E-state index is 0.290. The van der Waals surface area contributed by atoms with E-state index in [9.17, 15) is 0 Å². The minimum absolute atomic E-state index is 0.290. The third kappa shape index (κ3) is 3.29. The second kappa shape index (κ2) is 5.83. The summed E-state index contributed by atoms with van der Waals surface area (Å²) in [6, 6.07) is 4.45. The van der Waals surface area contributed by atoms with Gasteiger partial charge in [0.1, 0.15) is 0 Å². The van der Waals surface area contributed by atoms with Gasteiger partial charge in [-0.25, -0.2) is 0 Å². The summed E-state index contributed by atoms with van der Waals surface area (Å²) in [6.45, 7) is 5.88. The van der Waals surface area contributed by atoms with Crippen LogP contribution >= 0.6 is 0 Å². The van der Waals surface area contributed by atoms with Crippen LogP contribution in [-0.2, 0) is 0 Å². The van der Waals surface area contributed by atoms with Crippen LogP contribution in [0.2, 0.25) is 0 Å². The van der Waals surface area contributed by atoms with Gasteiger partial charge in [0.15, 0.2) is 0 Å². The molecule has 0 bridgehead atoms. The Labute approximate surface area is 92.3 Å².